The fourth-order valence-electron chi connectivity index (χ4n) is 2.52. The van der Waals surface area contributed by atoms with Crippen LogP contribution in [-0.2, 0) is 13.2 Å². The van der Waals surface area contributed by atoms with E-state index in [1.165, 1.54) is 12.1 Å². The molecule has 0 saturated carbocycles. The highest BCUT2D eigenvalue weighted by molar-refractivity contribution is 9.11. The summed E-state index contributed by atoms with van der Waals surface area (Å²) < 4.78 is 7.60. The highest BCUT2D eigenvalue weighted by atomic mass is 79.9. The predicted molar refractivity (Wildman–Crippen MR) is 113 cm³/mol. The number of nitro groups is 1. The van der Waals surface area contributed by atoms with Gasteiger partial charge in [-0.05, 0) is 61.2 Å². The van der Waals surface area contributed by atoms with Crippen LogP contribution in [0.3, 0.4) is 0 Å². The Morgan fingerprint density at radius 3 is 2.30 bits per heavy atom. The summed E-state index contributed by atoms with van der Waals surface area (Å²) >= 11 is 7.11. The normalized spacial score (nSPS) is 10.4. The zero-order valence-electron chi connectivity index (χ0n) is 14.2. The molecule has 0 bridgehead atoms. The monoisotopic (exact) mass is 490 g/mol. The first-order chi connectivity index (χ1) is 13.0. The minimum atomic E-state index is -0.406. The smallest absolute Gasteiger partial charge is 0.271 e. The zero-order chi connectivity index (χ0) is 19.2. The Morgan fingerprint density at radius 1 is 0.926 bits per heavy atom. The zero-order valence-corrected chi connectivity index (χ0v) is 17.4. The topological polar surface area (TPSA) is 64.4 Å². The van der Waals surface area contributed by atoms with Gasteiger partial charge in [0.25, 0.3) is 5.69 Å². The summed E-state index contributed by atoms with van der Waals surface area (Å²) in [7, 11) is 0. The van der Waals surface area contributed by atoms with Crippen LogP contribution < -0.4 is 10.1 Å². The standard InChI is InChI=1S/C20H16Br2N2O3/c21-18-9-15(12-23-16-7-4-8-17(11-16)24(25)26)10-19(22)20(18)27-13-14-5-2-1-3-6-14/h1-11,23H,12-13H2. The van der Waals surface area contributed by atoms with Gasteiger partial charge >= 0.3 is 0 Å². The molecule has 0 spiro atoms. The molecule has 3 rings (SSSR count). The lowest BCUT2D eigenvalue weighted by Gasteiger charge is -2.13. The first-order valence-electron chi connectivity index (χ1n) is 8.16. The average molecular weight is 492 g/mol. The number of non-ortho nitro benzene ring substituents is 1. The Balaban J connectivity index is 1.67. The van der Waals surface area contributed by atoms with Gasteiger partial charge in [-0.25, -0.2) is 0 Å². The van der Waals surface area contributed by atoms with E-state index in [9.17, 15) is 10.1 Å². The van der Waals surface area contributed by atoms with Crippen molar-refractivity contribution in [3.8, 4) is 5.75 Å². The van der Waals surface area contributed by atoms with Gasteiger partial charge in [-0.2, -0.15) is 0 Å². The van der Waals surface area contributed by atoms with Crippen molar-refractivity contribution in [2.45, 2.75) is 13.2 Å². The van der Waals surface area contributed by atoms with Crippen molar-refractivity contribution in [3.63, 3.8) is 0 Å². The Bertz CT molecular complexity index is 926. The Morgan fingerprint density at radius 2 is 1.63 bits per heavy atom. The van der Waals surface area contributed by atoms with E-state index in [0.29, 0.717) is 18.8 Å². The van der Waals surface area contributed by atoms with Crippen LogP contribution in [0.4, 0.5) is 11.4 Å². The van der Waals surface area contributed by atoms with Crippen LogP contribution in [-0.4, -0.2) is 4.92 Å². The van der Waals surface area contributed by atoms with Crippen LogP contribution in [0.2, 0.25) is 0 Å². The van der Waals surface area contributed by atoms with Gasteiger partial charge in [0.15, 0.2) is 0 Å². The van der Waals surface area contributed by atoms with E-state index in [4.69, 9.17) is 4.74 Å². The molecule has 0 unspecified atom stereocenters. The van der Waals surface area contributed by atoms with Gasteiger partial charge in [0.2, 0.25) is 0 Å². The van der Waals surface area contributed by atoms with E-state index in [0.717, 1.165) is 25.8 Å². The molecule has 0 aliphatic rings. The molecule has 0 aromatic heterocycles. The van der Waals surface area contributed by atoms with Crippen LogP contribution in [0.25, 0.3) is 0 Å². The van der Waals surface area contributed by atoms with Crippen LogP contribution in [0.15, 0.2) is 75.7 Å². The lowest BCUT2D eigenvalue weighted by molar-refractivity contribution is -0.384. The Hall–Kier alpha value is -2.38. The quantitative estimate of drug-likeness (QED) is 0.310. The molecule has 7 heteroatoms. The number of ether oxygens (including phenoxy) is 1. The average Bonchev–Trinajstić information content (AvgIpc) is 2.67. The van der Waals surface area contributed by atoms with Gasteiger partial charge in [0.1, 0.15) is 12.4 Å². The molecule has 1 N–H and O–H groups in total. The van der Waals surface area contributed by atoms with E-state index in [-0.39, 0.29) is 5.69 Å². The molecule has 0 atom stereocenters. The maximum Gasteiger partial charge on any atom is 0.271 e. The highest BCUT2D eigenvalue weighted by Gasteiger charge is 2.10. The fraction of sp³-hybridized carbons (Fsp3) is 0.100. The molecule has 138 valence electrons. The lowest BCUT2D eigenvalue weighted by Crippen LogP contribution is -2.02. The van der Waals surface area contributed by atoms with Crippen molar-refractivity contribution in [3.05, 3.63) is 96.9 Å². The first kappa shape index (κ1) is 19.4. The molecule has 0 saturated heterocycles. The van der Waals surface area contributed by atoms with Crippen molar-refractivity contribution in [1.29, 1.82) is 0 Å². The number of nitrogens with zero attached hydrogens (tertiary/aromatic N) is 1. The van der Waals surface area contributed by atoms with Gasteiger partial charge in [0, 0.05) is 24.4 Å². The molecular weight excluding hydrogens is 476 g/mol. The van der Waals surface area contributed by atoms with E-state index in [2.05, 4.69) is 37.2 Å². The third-order valence-corrected chi connectivity index (χ3v) is 5.02. The molecule has 5 nitrogen and oxygen atoms in total. The number of rotatable bonds is 7. The minimum Gasteiger partial charge on any atom is -0.487 e. The summed E-state index contributed by atoms with van der Waals surface area (Å²) in [5.41, 5.74) is 2.85. The summed E-state index contributed by atoms with van der Waals surface area (Å²) in [5.74, 6) is 0.734. The van der Waals surface area contributed by atoms with E-state index in [1.54, 1.807) is 12.1 Å². The van der Waals surface area contributed by atoms with Crippen LogP contribution in [0.1, 0.15) is 11.1 Å². The third kappa shape index (κ3) is 5.30. The molecule has 0 amide bonds. The second-order valence-corrected chi connectivity index (χ2v) is 7.53. The molecule has 27 heavy (non-hydrogen) atoms. The number of anilines is 1. The SMILES string of the molecule is O=[N+]([O-])c1cccc(NCc2cc(Br)c(OCc3ccccc3)c(Br)c2)c1. The largest absolute Gasteiger partial charge is 0.487 e. The first-order valence-corrected chi connectivity index (χ1v) is 9.74. The third-order valence-electron chi connectivity index (χ3n) is 3.84. The number of halogens is 2. The second-order valence-electron chi connectivity index (χ2n) is 5.82. The summed E-state index contributed by atoms with van der Waals surface area (Å²) in [6.07, 6.45) is 0. The maximum absolute atomic E-state index is 10.9. The molecule has 3 aromatic carbocycles. The van der Waals surface area contributed by atoms with Crippen molar-refractivity contribution < 1.29 is 9.66 Å². The molecule has 0 aliphatic carbocycles. The van der Waals surface area contributed by atoms with Crippen molar-refractivity contribution in [2.24, 2.45) is 0 Å². The van der Waals surface area contributed by atoms with Crippen LogP contribution >= 0.6 is 31.9 Å². The number of hydrogen-bond acceptors (Lipinski definition) is 4. The highest BCUT2D eigenvalue weighted by Crippen LogP contribution is 2.35. The van der Waals surface area contributed by atoms with E-state index >= 15 is 0 Å². The molecule has 0 heterocycles. The van der Waals surface area contributed by atoms with Crippen molar-refractivity contribution in [1.82, 2.24) is 0 Å². The molecule has 0 radical (unpaired) electrons. The van der Waals surface area contributed by atoms with Gasteiger partial charge in [-0.3, -0.25) is 10.1 Å². The fourth-order valence-corrected chi connectivity index (χ4v) is 4.03. The number of nitrogens with one attached hydrogen (secondary N) is 1. The second kappa shape index (κ2) is 9.01. The van der Waals surface area contributed by atoms with Gasteiger partial charge < -0.3 is 10.1 Å². The molecule has 0 aliphatic heterocycles. The number of benzene rings is 3. The number of hydrogen-bond donors (Lipinski definition) is 1. The lowest BCUT2D eigenvalue weighted by atomic mass is 10.2. The summed E-state index contributed by atoms with van der Waals surface area (Å²) in [6, 6.07) is 20.3. The van der Waals surface area contributed by atoms with Crippen LogP contribution in [0, 0.1) is 10.1 Å². The summed E-state index contributed by atoms with van der Waals surface area (Å²) in [5, 5.41) is 14.1. The Kier molecular flexibility index (Phi) is 6.47. The number of nitro benzene ring substituents is 1. The predicted octanol–water partition coefficient (Wildman–Crippen LogP) is 6.31. The van der Waals surface area contributed by atoms with Crippen LogP contribution in [0.5, 0.6) is 5.75 Å². The minimum absolute atomic E-state index is 0.0621. The van der Waals surface area contributed by atoms with E-state index < -0.39 is 4.92 Å². The van der Waals surface area contributed by atoms with Crippen molar-refractivity contribution in [2.75, 3.05) is 5.32 Å². The Labute approximate surface area is 173 Å². The molecule has 3 aromatic rings. The molecular formula is C20H16Br2N2O3. The summed E-state index contributed by atoms with van der Waals surface area (Å²) in [4.78, 5) is 10.5. The molecule has 0 fully saturated rings. The van der Waals surface area contributed by atoms with Gasteiger partial charge in [0.05, 0.1) is 13.9 Å². The van der Waals surface area contributed by atoms with Gasteiger partial charge in [-0.15, -0.1) is 0 Å². The summed E-state index contributed by atoms with van der Waals surface area (Å²) in [6.45, 7) is 1.00. The maximum atomic E-state index is 10.9. The van der Waals surface area contributed by atoms with E-state index in [1.807, 2.05) is 42.5 Å². The van der Waals surface area contributed by atoms with Gasteiger partial charge in [-0.1, -0.05) is 36.4 Å². The van der Waals surface area contributed by atoms with Crippen molar-refractivity contribution >= 4 is 43.2 Å².